The van der Waals surface area contributed by atoms with Crippen molar-refractivity contribution in [3.8, 4) is 0 Å². The molecule has 1 saturated heterocycles. The Bertz CT molecular complexity index is 516. The molecule has 1 aliphatic heterocycles. The summed E-state index contributed by atoms with van der Waals surface area (Å²) >= 11 is 3.53. The molecule has 0 aliphatic carbocycles. The fourth-order valence-electron chi connectivity index (χ4n) is 2.59. The lowest BCUT2D eigenvalue weighted by Crippen LogP contribution is -2.62. The summed E-state index contributed by atoms with van der Waals surface area (Å²) in [5.74, 6) is 0.0785. The summed E-state index contributed by atoms with van der Waals surface area (Å²) in [6, 6.07) is 6.47. The van der Waals surface area contributed by atoms with Crippen molar-refractivity contribution in [2.75, 3.05) is 25.0 Å². The summed E-state index contributed by atoms with van der Waals surface area (Å²) in [5, 5.41) is 6.22. The van der Waals surface area contributed by atoms with Crippen molar-refractivity contribution in [2.24, 2.45) is 0 Å². The SMILES string of the molecule is CNC(C)c1cc(Br)ccc1N1CCNC(=O)C1(C)C. The van der Waals surface area contributed by atoms with E-state index in [1.165, 1.54) is 5.56 Å². The van der Waals surface area contributed by atoms with Crippen LogP contribution in [0.15, 0.2) is 22.7 Å². The summed E-state index contributed by atoms with van der Waals surface area (Å²) in [7, 11) is 1.95. The van der Waals surface area contributed by atoms with E-state index in [1.807, 2.05) is 27.0 Å². The van der Waals surface area contributed by atoms with Crippen LogP contribution in [0.4, 0.5) is 5.69 Å². The van der Waals surface area contributed by atoms with Gasteiger partial charge in [0.1, 0.15) is 5.54 Å². The average Bonchev–Trinajstić information content (AvgIpc) is 2.41. The Hall–Kier alpha value is -1.07. The van der Waals surface area contributed by atoms with E-state index in [9.17, 15) is 4.79 Å². The lowest BCUT2D eigenvalue weighted by molar-refractivity contribution is -0.126. The van der Waals surface area contributed by atoms with Gasteiger partial charge in [-0.15, -0.1) is 0 Å². The Kier molecular flexibility index (Phi) is 4.39. The Morgan fingerprint density at radius 2 is 2.15 bits per heavy atom. The molecule has 2 N–H and O–H groups in total. The predicted molar refractivity (Wildman–Crippen MR) is 86.1 cm³/mol. The van der Waals surface area contributed by atoms with Crippen LogP contribution in [0.1, 0.15) is 32.4 Å². The quantitative estimate of drug-likeness (QED) is 0.888. The highest BCUT2D eigenvalue weighted by Gasteiger charge is 2.38. The van der Waals surface area contributed by atoms with Crippen molar-refractivity contribution in [3.05, 3.63) is 28.2 Å². The summed E-state index contributed by atoms with van der Waals surface area (Å²) in [5.41, 5.74) is 1.79. The fourth-order valence-corrected chi connectivity index (χ4v) is 2.97. The van der Waals surface area contributed by atoms with Gasteiger partial charge in [-0.25, -0.2) is 0 Å². The fraction of sp³-hybridized carbons (Fsp3) is 0.533. The topological polar surface area (TPSA) is 44.4 Å². The van der Waals surface area contributed by atoms with E-state index in [2.05, 4.69) is 50.5 Å². The van der Waals surface area contributed by atoms with Crippen LogP contribution in [0, 0.1) is 0 Å². The lowest BCUT2D eigenvalue weighted by Gasteiger charge is -2.44. The van der Waals surface area contributed by atoms with E-state index in [1.54, 1.807) is 0 Å². The van der Waals surface area contributed by atoms with E-state index in [4.69, 9.17) is 0 Å². The van der Waals surface area contributed by atoms with Gasteiger partial charge < -0.3 is 15.5 Å². The molecule has 110 valence electrons. The van der Waals surface area contributed by atoms with E-state index < -0.39 is 5.54 Å². The molecule has 1 aromatic rings. The number of hydrogen-bond acceptors (Lipinski definition) is 3. The van der Waals surface area contributed by atoms with E-state index in [0.29, 0.717) is 6.54 Å². The first-order valence-corrected chi connectivity index (χ1v) is 7.70. The zero-order chi connectivity index (χ0) is 14.9. The maximum Gasteiger partial charge on any atom is 0.245 e. The normalized spacial score (nSPS) is 19.6. The number of nitrogens with one attached hydrogen (secondary N) is 2. The molecular formula is C15H22BrN3O. The van der Waals surface area contributed by atoms with Crippen LogP contribution in [-0.2, 0) is 4.79 Å². The molecule has 1 unspecified atom stereocenters. The minimum Gasteiger partial charge on any atom is -0.355 e. The first-order valence-electron chi connectivity index (χ1n) is 6.90. The molecule has 0 aromatic heterocycles. The molecule has 1 aromatic carbocycles. The van der Waals surface area contributed by atoms with Crippen molar-refractivity contribution < 1.29 is 4.79 Å². The van der Waals surface area contributed by atoms with Gasteiger partial charge in [0.15, 0.2) is 0 Å². The largest absolute Gasteiger partial charge is 0.355 e. The van der Waals surface area contributed by atoms with Crippen molar-refractivity contribution in [1.82, 2.24) is 10.6 Å². The number of anilines is 1. The molecule has 20 heavy (non-hydrogen) atoms. The molecule has 0 radical (unpaired) electrons. The van der Waals surface area contributed by atoms with Gasteiger partial charge >= 0.3 is 0 Å². The Morgan fingerprint density at radius 3 is 2.80 bits per heavy atom. The number of nitrogens with zero attached hydrogens (tertiary/aromatic N) is 1. The van der Waals surface area contributed by atoms with Crippen molar-refractivity contribution in [1.29, 1.82) is 0 Å². The number of piperazine rings is 1. The zero-order valence-corrected chi connectivity index (χ0v) is 14.0. The van der Waals surface area contributed by atoms with Gasteiger partial charge in [0.25, 0.3) is 0 Å². The number of carbonyl (C=O) groups is 1. The molecule has 1 fully saturated rings. The molecule has 0 spiro atoms. The molecule has 4 nitrogen and oxygen atoms in total. The van der Waals surface area contributed by atoms with Crippen LogP contribution < -0.4 is 15.5 Å². The molecule has 1 amide bonds. The van der Waals surface area contributed by atoms with Crippen molar-refractivity contribution in [2.45, 2.75) is 32.4 Å². The maximum atomic E-state index is 12.1. The monoisotopic (exact) mass is 339 g/mol. The number of benzene rings is 1. The van der Waals surface area contributed by atoms with E-state index in [-0.39, 0.29) is 11.9 Å². The Balaban J connectivity index is 2.48. The van der Waals surface area contributed by atoms with Crippen molar-refractivity contribution in [3.63, 3.8) is 0 Å². The third-order valence-electron chi connectivity index (χ3n) is 4.03. The molecule has 1 aliphatic rings. The standard InChI is InChI=1S/C15H22BrN3O/c1-10(17-4)12-9-11(16)5-6-13(12)19-8-7-18-14(20)15(19,2)3/h5-6,9-10,17H,7-8H2,1-4H3,(H,18,20). The summed E-state index contributed by atoms with van der Waals surface area (Å²) < 4.78 is 1.05. The number of halogens is 1. The van der Waals surface area contributed by atoms with Crippen molar-refractivity contribution >= 4 is 27.5 Å². The molecule has 1 atom stereocenters. The summed E-state index contributed by atoms with van der Waals surface area (Å²) in [6.45, 7) is 7.58. The number of amides is 1. The Labute approximate surface area is 129 Å². The maximum absolute atomic E-state index is 12.1. The second-order valence-electron chi connectivity index (χ2n) is 5.68. The van der Waals surface area contributed by atoms with Crippen LogP contribution in [0.25, 0.3) is 0 Å². The number of rotatable bonds is 3. The third kappa shape index (κ3) is 2.69. The molecule has 0 saturated carbocycles. The van der Waals surface area contributed by atoms with Gasteiger partial charge in [0, 0.05) is 29.3 Å². The molecule has 2 rings (SSSR count). The number of carbonyl (C=O) groups excluding carboxylic acids is 1. The third-order valence-corrected chi connectivity index (χ3v) is 4.52. The van der Waals surface area contributed by atoms with Crippen LogP contribution in [-0.4, -0.2) is 31.6 Å². The molecule has 5 heteroatoms. The second-order valence-corrected chi connectivity index (χ2v) is 6.60. The number of hydrogen-bond donors (Lipinski definition) is 2. The molecular weight excluding hydrogens is 318 g/mol. The smallest absolute Gasteiger partial charge is 0.245 e. The first-order chi connectivity index (χ1) is 9.37. The van der Waals surface area contributed by atoms with Gasteiger partial charge in [-0.1, -0.05) is 15.9 Å². The van der Waals surface area contributed by atoms with Crippen LogP contribution in [0.5, 0.6) is 0 Å². The van der Waals surface area contributed by atoms with Gasteiger partial charge in [0.2, 0.25) is 5.91 Å². The highest BCUT2D eigenvalue weighted by atomic mass is 79.9. The molecule has 1 heterocycles. The zero-order valence-electron chi connectivity index (χ0n) is 12.5. The van der Waals surface area contributed by atoms with Gasteiger partial charge in [-0.05, 0) is 51.6 Å². The van der Waals surface area contributed by atoms with Gasteiger partial charge in [0.05, 0.1) is 0 Å². The minimum atomic E-state index is -0.533. The Morgan fingerprint density at radius 1 is 1.45 bits per heavy atom. The molecule has 0 bridgehead atoms. The van der Waals surface area contributed by atoms with Crippen LogP contribution in [0.3, 0.4) is 0 Å². The predicted octanol–water partition coefficient (Wildman–Crippen LogP) is 2.44. The van der Waals surface area contributed by atoms with Gasteiger partial charge in [-0.3, -0.25) is 4.79 Å². The second kappa shape index (κ2) is 5.74. The average molecular weight is 340 g/mol. The van der Waals surface area contributed by atoms with E-state index >= 15 is 0 Å². The highest BCUT2D eigenvalue weighted by molar-refractivity contribution is 9.10. The van der Waals surface area contributed by atoms with Crippen LogP contribution in [0.2, 0.25) is 0 Å². The van der Waals surface area contributed by atoms with Crippen LogP contribution >= 0.6 is 15.9 Å². The minimum absolute atomic E-state index is 0.0785. The summed E-state index contributed by atoms with van der Waals surface area (Å²) in [4.78, 5) is 14.3. The highest BCUT2D eigenvalue weighted by Crippen LogP contribution is 2.34. The summed E-state index contributed by atoms with van der Waals surface area (Å²) in [6.07, 6.45) is 0. The van der Waals surface area contributed by atoms with E-state index in [0.717, 1.165) is 16.7 Å². The first kappa shape index (κ1) is 15.3. The van der Waals surface area contributed by atoms with Gasteiger partial charge in [-0.2, -0.15) is 0 Å². The lowest BCUT2D eigenvalue weighted by atomic mass is 9.95.